The lowest BCUT2D eigenvalue weighted by molar-refractivity contribution is 0.163. The van der Waals surface area contributed by atoms with Gasteiger partial charge in [-0.3, -0.25) is 0 Å². The van der Waals surface area contributed by atoms with Crippen LogP contribution in [0.25, 0.3) is 0 Å². The molecule has 0 unspecified atom stereocenters. The van der Waals surface area contributed by atoms with E-state index in [0.29, 0.717) is 18.8 Å². The van der Waals surface area contributed by atoms with Crippen molar-refractivity contribution in [3.05, 3.63) is 46.6 Å². The Labute approximate surface area is 176 Å². The van der Waals surface area contributed by atoms with Gasteiger partial charge >= 0.3 is 0 Å². The van der Waals surface area contributed by atoms with Gasteiger partial charge in [0.15, 0.2) is 11.5 Å². The highest BCUT2D eigenvalue weighted by Crippen LogP contribution is 2.41. The summed E-state index contributed by atoms with van der Waals surface area (Å²) in [5.41, 5.74) is 4.94. The predicted molar refractivity (Wildman–Crippen MR) is 119 cm³/mol. The minimum atomic E-state index is -0.304. The molecule has 4 heteroatoms. The molecule has 29 heavy (non-hydrogen) atoms. The van der Waals surface area contributed by atoms with Gasteiger partial charge in [0.1, 0.15) is 6.61 Å². The lowest BCUT2D eigenvalue weighted by Crippen LogP contribution is -2.14. The molecule has 0 heterocycles. The molecule has 1 aliphatic rings. The average Bonchev–Trinajstić information content (AvgIpc) is 3.11. The molecule has 0 amide bonds. The van der Waals surface area contributed by atoms with Gasteiger partial charge in [-0.2, -0.15) is 0 Å². The van der Waals surface area contributed by atoms with E-state index in [4.69, 9.17) is 9.47 Å². The van der Waals surface area contributed by atoms with Crippen LogP contribution in [0.3, 0.4) is 0 Å². The SMILES string of the molecule is COc1cc(CCCO)c([C@@H]2CCC[C@@H]2O)cc1OC/C=C(\C)CCC=C(C)C. The quantitative estimate of drug-likeness (QED) is 0.492. The minimum Gasteiger partial charge on any atom is -0.493 e. The van der Waals surface area contributed by atoms with E-state index in [1.54, 1.807) is 7.11 Å². The summed E-state index contributed by atoms with van der Waals surface area (Å²) in [4.78, 5) is 0. The van der Waals surface area contributed by atoms with Crippen LogP contribution in [0.1, 0.15) is 76.3 Å². The van der Waals surface area contributed by atoms with Gasteiger partial charge in [0, 0.05) is 12.5 Å². The van der Waals surface area contributed by atoms with Crippen molar-refractivity contribution < 1.29 is 19.7 Å². The van der Waals surface area contributed by atoms with E-state index >= 15 is 0 Å². The topological polar surface area (TPSA) is 58.9 Å². The first-order valence-corrected chi connectivity index (χ1v) is 10.9. The first-order valence-electron chi connectivity index (χ1n) is 10.9. The van der Waals surface area contributed by atoms with Crippen LogP contribution in [0.2, 0.25) is 0 Å². The Kier molecular flexibility index (Phi) is 9.75. The van der Waals surface area contributed by atoms with Crippen LogP contribution < -0.4 is 9.47 Å². The zero-order valence-electron chi connectivity index (χ0n) is 18.5. The third kappa shape index (κ3) is 7.20. The van der Waals surface area contributed by atoms with Gasteiger partial charge in [-0.1, -0.05) is 23.6 Å². The van der Waals surface area contributed by atoms with E-state index in [2.05, 4.69) is 39.0 Å². The molecule has 0 radical (unpaired) electrons. The molecule has 0 saturated heterocycles. The number of ether oxygens (including phenoxy) is 2. The molecule has 1 aromatic carbocycles. The number of aliphatic hydroxyl groups is 2. The van der Waals surface area contributed by atoms with Gasteiger partial charge < -0.3 is 19.7 Å². The molecule has 0 aromatic heterocycles. The van der Waals surface area contributed by atoms with Crippen LogP contribution in [-0.4, -0.2) is 36.6 Å². The van der Waals surface area contributed by atoms with Gasteiger partial charge in [-0.05, 0) is 88.6 Å². The highest BCUT2D eigenvalue weighted by Gasteiger charge is 2.29. The summed E-state index contributed by atoms with van der Waals surface area (Å²) in [5.74, 6) is 1.57. The number of aliphatic hydroxyl groups excluding tert-OH is 2. The number of aryl methyl sites for hydroxylation is 1. The Morgan fingerprint density at radius 3 is 2.55 bits per heavy atom. The molecule has 0 bridgehead atoms. The Balaban J connectivity index is 2.16. The van der Waals surface area contributed by atoms with E-state index in [-0.39, 0.29) is 18.6 Å². The maximum atomic E-state index is 10.4. The number of allylic oxidation sites excluding steroid dienone is 3. The molecule has 0 aliphatic heterocycles. The summed E-state index contributed by atoms with van der Waals surface area (Å²) >= 11 is 0. The molecule has 2 N–H and O–H groups in total. The monoisotopic (exact) mass is 402 g/mol. The van der Waals surface area contributed by atoms with Gasteiger partial charge in [0.05, 0.1) is 13.2 Å². The summed E-state index contributed by atoms with van der Waals surface area (Å²) in [6.07, 6.45) is 10.5. The standard InChI is InChI=1S/C25H38O4/c1-18(2)8-5-9-19(3)13-15-29-25-17-22(21-11-6-12-23(21)27)20(10-7-14-26)16-24(25)28-4/h8,13,16-17,21,23,26-27H,5-7,9-12,14-15H2,1-4H3/b19-13+/t21-,23-/m0/s1. The Morgan fingerprint density at radius 1 is 1.14 bits per heavy atom. The third-order valence-corrected chi connectivity index (χ3v) is 5.67. The van der Waals surface area contributed by atoms with Gasteiger partial charge in [-0.25, -0.2) is 0 Å². The Hall–Kier alpha value is -1.78. The molecular weight excluding hydrogens is 364 g/mol. The van der Waals surface area contributed by atoms with Crippen LogP contribution in [-0.2, 0) is 6.42 Å². The molecule has 1 fully saturated rings. The maximum absolute atomic E-state index is 10.4. The van der Waals surface area contributed by atoms with E-state index in [1.807, 2.05) is 6.07 Å². The molecule has 1 saturated carbocycles. The lowest BCUT2D eigenvalue weighted by atomic mass is 9.89. The largest absolute Gasteiger partial charge is 0.493 e. The number of methoxy groups -OCH3 is 1. The second-order valence-corrected chi connectivity index (χ2v) is 8.32. The van der Waals surface area contributed by atoms with Crippen LogP contribution in [0, 0.1) is 0 Å². The first kappa shape index (κ1) is 23.5. The fourth-order valence-corrected chi connectivity index (χ4v) is 3.99. The van der Waals surface area contributed by atoms with Gasteiger partial charge in [0.2, 0.25) is 0 Å². The molecular formula is C25H38O4. The van der Waals surface area contributed by atoms with Crippen molar-refractivity contribution in [2.75, 3.05) is 20.3 Å². The normalized spacial score (nSPS) is 19.3. The number of hydrogen-bond acceptors (Lipinski definition) is 4. The van der Waals surface area contributed by atoms with Crippen molar-refractivity contribution in [1.82, 2.24) is 0 Å². The number of hydrogen-bond donors (Lipinski definition) is 2. The second kappa shape index (κ2) is 12.0. The van der Waals surface area contributed by atoms with Crippen molar-refractivity contribution in [3.8, 4) is 11.5 Å². The van der Waals surface area contributed by atoms with Gasteiger partial charge in [0.25, 0.3) is 0 Å². The zero-order chi connectivity index (χ0) is 21.2. The first-order chi connectivity index (χ1) is 14.0. The van der Waals surface area contributed by atoms with Crippen LogP contribution >= 0.6 is 0 Å². The third-order valence-electron chi connectivity index (χ3n) is 5.67. The van der Waals surface area contributed by atoms with Crippen molar-refractivity contribution in [1.29, 1.82) is 0 Å². The number of benzene rings is 1. The average molecular weight is 403 g/mol. The molecule has 1 aliphatic carbocycles. The smallest absolute Gasteiger partial charge is 0.161 e. The Morgan fingerprint density at radius 2 is 1.93 bits per heavy atom. The lowest BCUT2D eigenvalue weighted by Gasteiger charge is -2.22. The maximum Gasteiger partial charge on any atom is 0.161 e. The molecule has 4 nitrogen and oxygen atoms in total. The zero-order valence-corrected chi connectivity index (χ0v) is 18.5. The highest BCUT2D eigenvalue weighted by atomic mass is 16.5. The fraction of sp³-hybridized carbons (Fsp3) is 0.600. The van der Waals surface area contributed by atoms with E-state index in [0.717, 1.165) is 55.4 Å². The van der Waals surface area contributed by atoms with Crippen molar-refractivity contribution in [2.24, 2.45) is 0 Å². The van der Waals surface area contributed by atoms with E-state index in [1.165, 1.54) is 11.1 Å². The van der Waals surface area contributed by atoms with Crippen LogP contribution in [0.5, 0.6) is 11.5 Å². The molecule has 2 atom stereocenters. The summed E-state index contributed by atoms with van der Waals surface area (Å²) in [7, 11) is 1.66. The summed E-state index contributed by atoms with van der Waals surface area (Å²) < 4.78 is 11.7. The summed E-state index contributed by atoms with van der Waals surface area (Å²) in [6, 6.07) is 4.08. The summed E-state index contributed by atoms with van der Waals surface area (Å²) in [6.45, 7) is 7.04. The van der Waals surface area contributed by atoms with E-state index in [9.17, 15) is 10.2 Å². The molecule has 0 spiro atoms. The van der Waals surface area contributed by atoms with Crippen LogP contribution in [0.4, 0.5) is 0 Å². The minimum absolute atomic E-state index is 0.137. The van der Waals surface area contributed by atoms with Crippen molar-refractivity contribution in [3.63, 3.8) is 0 Å². The molecule has 162 valence electrons. The highest BCUT2D eigenvalue weighted by molar-refractivity contribution is 5.49. The predicted octanol–water partition coefficient (Wildman–Crippen LogP) is 5.32. The van der Waals surface area contributed by atoms with Crippen LogP contribution in [0.15, 0.2) is 35.4 Å². The van der Waals surface area contributed by atoms with Gasteiger partial charge in [-0.15, -0.1) is 0 Å². The Bertz CT molecular complexity index is 701. The van der Waals surface area contributed by atoms with Crippen molar-refractivity contribution in [2.45, 2.75) is 77.7 Å². The number of rotatable bonds is 11. The van der Waals surface area contributed by atoms with Crippen molar-refractivity contribution >= 4 is 0 Å². The van der Waals surface area contributed by atoms with E-state index < -0.39 is 0 Å². The summed E-state index contributed by atoms with van der Waals surface area (Å²) in [5, 5.41) is 19.7. The molecule has 1 aromatic rings. The fourth-order valence-electron chi connectivity index (χ4n) is 3.99. The molecule has 2 rings (SSSR count). The second-order valence-electron chi connectivity index (χ2n) is 8.32.